The van der Waals surface area contributed by atoms with E-state index >= 15 is 0 Å². The first-order valence-corrected chi connectivity index (χ1v) is 8.82. The lowest BCUT2D eigenvalue weighted by Gasteiger charge is -2.11. The number of carbonyl (C=O) groups is 1. The van der Waals surface area contributed by atoms with Crippen LogP contribution in [0.5, 0.6) is 0 Å². The second-order valence-electron chi connectivity index (χ2n) is 6.22. The molecule has 0 saturated carbocycles. The number of fused-ring (bicyclic) bond motifs is 3. The summed E-state index contributed by atoms with van der Waals surface area (Å²) < 4.78 is 1.90. The molecule has 26 heavy (non-hydrogen) atoms. The number of aromatic nitrogens is 3. The molecule has 0 unspecified atom stereocenters. The molecule has 0 aliphatic heterocycles. The minimum atomic E-state index is 0. The van der Waals surface area contributed by atoms with Gasteiger partial charge in [-0.25, -0.2) is 9.50 Å². The predicted octanol–water partition coefficient (Wildman–Crippen LogP) is 2.58. The molecule has 1 aromatic carbocycles. The number of rotatable bonds is 7. The van der Waals surface area contributed by atoms with E-state index in [0.717, 1.165) is 46.6 Å². The van der Waals surface area contributed by atoms with Gasteiger partial charge < -0.3 is 10.6 Å². The first-order valence-electron chi connectivity index (χ1n) is 8.82. The Balaban J connectivity index is 0.00000243. The van der Waals surface area contributed by atoms with Crippen LogP contribution in [-0.2, 0) is 11.2 Å². The van der Waals surface area contributed by atoms with Crippen LogP contribution in [0.4, 0.5) is 0 Å². The molecule has 2 aromatic heterocycles. The van der Waals surface area contributed by atoms with Crippen LogP contribution < -0.4 is 10.6 Å². The molecule has 1 amide bonds. The molecule has 0 bridgehead atoms. The number of halogens is 1. The standard InChI is InChI=1S/C19H25N5O.ClH/c1-4-20-11-12-21-18(25)10-9-15-13(2)22-19-16-7-5-6-8-17(16)23-24(19)14(15)3;/h5-8,20H,4,9-12H2,1-3H3,(H,21,25);1H. The van der Waals surface area contributed by atoms with Gasteiger partial charge in [0.15, 0.2) is 5.65 Å². The zero-order valence-electron chi connectivity index (χ0n) is 15.5. The highest BCUT2D eigenvalue weighted by molar-refractivity contribution is 5.92. The highest BCUT2D eigenvalue weighted by atomic mass is 35.5. The van der Waals surface area contributed by atoms with Crippen LogP contribution in [0, 0.1) is 13.8 Å². The van der Waals surface area contributed by atoms with Crippen molar-refractivity contribution in [3.63, 3.8) is 0 Å². The zero-order valence-corrected chi connectivity index (χ0v) is 16.3. The Labute approximate surface area is 159 Å². The molecule has 7 heteroatoms. The minimum absolute atomic E-state index is 0. The van der Waals surface area contributed by atoms with Gasteiger partial charge in [-0.15, -0.1) is 12.4 Å². The highest BCUT2D eigenvalue weighted by Crippen LogP contribution is 2.22. The summed E-state index contributed by atoms with van der Waals surface area (Å²) in [4.78, 5) is 16.8. The summed E-state index contributed by atoms with van der Waals surface area (Å²) in [5, 5.41) is 11.8. The highest BCUT2D eigenvalue weighted by Gasteiger charge is 2.14. The molecule has 0 aliphatic carbocycles. The summed E-state index contributed by atoms with van der Waals surface area (Å²) in [6.07, 6.45) is 1.13. The molecule has 3 rings (SSSR count). The van der Waals surface area contributed by atoms with Crippen LogP contribution in [0.3, 0.4) is 0 Å². The smallest absolute Gasteiger partial charge is 0.220 e. The van der Waals surface area contributed by atoms with Gasteiger partial charge in [-0.2, -0.15) is 5.10 Å². The minimum Gasteiger partial charge on any atom is -0.355 e. The first-order chi connectivity index (χ1) is 12.1. The van der Waals surface area contributed by atoms with Crippen molar-refractivity contribution >= 4 is 34.9 Å². The van der Waals surface area contributed by atoms with E-state index in [9.17, 15) is 4.79 Å². The molecule has 6 nitrogen and oxygen atoms in total. The fourth-order valence-corrected chi connectivity index (χ4v) is 3.13. The topological polar surface area (TPSA) is 71.3 Å². The summed E-state index contributed by atoms with van der Waals surface area (Å²) in [6, 6.07) is 8.02. The lowest BCUT2D eigenvalue weighted by molar-refractivity contribution is -0.121. The average molecular weight is 376 g/mol. The van der Waals surface area contributed by atoms with E-state index < -0.39 is 0 Å². The van der Waals surface area contributed by atoms with Gasteiger partial charge in [0.05, 0.1) is 5.52 Å². The lowest BCUT2D eigenvalue weighted by Crippen LogP contribution is -2.31. The third-order valence-electron chi connectivity index (χ3n) is 4.49. The third kappa shape index (κ3) is 4.14. The number of benzene rings is 1. The number of hydrogen-bond acceptors (Lipinski definition) is 4. The number of hydrogen-bond donors (Lipinski definition) is 2. The molecule has 2 heterocycles. The molecule has 2 N–H and O–H groups in total. The fraction of sp³-hybridized carbons (Fsp3) is 0.421. The number of nitrogens with one attached hydrogen (secondary N) is 2. The first kappa shape index (κ1) is 20.1. The van der Waals surface area contributed by atoms with E-state index in [1.165, 1.54) is 0 Å². The van der Waals surface area contributed by atoms with Crippen molar-refractivity contribution in [2.45, 2.75) is 33.6 Å². The molecular weight excluding hydrogens is 350 g/mol. The summed E-state index contributed by atoms with van der Waals surface area (Å²) in [5.41, 5.74) is 4.94. The van der Waals surface area contributed by atoms with Gasteiger partial charge in [-0.05, 0) is 44.5 Å². The van der Waals surface area contributed by atoms with Crippen LogP contribution in [0.1, 0.15) is 30.3 Å². The fourth-order valence-electron chi connectivity index (χ4n) is 3.13. The number of likely N-dealkylation sites (N-methyl/N-ethyl adjacent to an activating group) is 1. The van der Waals surface area contributed by atoms with E-state index in [4.69, 9.17) is 4.98 Å². The molecule has 0 atom stereocenters. The quantitative estimate of drug-likeness (QED) is 0.622. The predicted molar refractivity (Wildman–Crippen MR) is 107 cm³/mol. The molecule has 0 saturated heterocycles. The Morgan fingerprint density at radius 2 is 1.96 bits per heavy atom. The van der Waals surface area contributed by atoms with Gasteiger partial charge in [-0.1, -0.05) is 19.1 Å². The summed E-state index contributed by atoms with van der Waals surface area (Å²) >= 11 is 0. The monoisotopic (exact) mass is 375 g/mol. The zero-order chi connectivity index (χ0) is 17.8. The third-order valence-corrected chi connectivity index (χ3v) is 4.49. The number of carbonyl (C=O) groups excluding carboxylic acids is 1. The largest absolute Gasteiger partial charge is 0.355 e. The summed E-state index contributed by atoms with van der Waals surface area (Å²) in [5.74, 6) is 0.0717. The second-order valence-corrected chi connectivity index (χ2v) is 6.22. The van der Waals surface area contributed by atoms with Gasteiger partial charge in [-0.3, -0.25) is 4.79 Å². The van der Waals surface area contributed by atoms with Crippen LogP contribution in [-0.4, -0.2) is 40.1 Å². The summed E-state index contributed by atoms with van der Waals surface area (Å²) in [7, 11) is 0. The van der Waals surface area contributed by atoms with E-state index in [1.54, 1.807) is 0 Å². The molecule has 0 aliphatic rings. The van der Waals surface area contributed by atoms with Gasteiger partial charge in [0.2, 0.25) is 5.91 Å². The van der Waals surface area contributed by atoms with Gasteiger partial charge in [0.1, 0.15) is 0 Å². The maximum Gasteiger partial charge on any atom is 0.220 e. The number of aryl methyl sites for hydroxylation is 2. The van der Waals surface area contributed by atoms with Gasteiger partial charge >= 0.3 is 0 Å². The second kappa shape index (κ2) is 8.96. The van der Waals surface area contributed by atoms with E-state index in [2.05, 4.69) is 22.7 Å². The maximum atomic E-state index is 12.0. The van der Waals surface area contributed by atoms with Crippen molar-refractivity contribution in [2.24, 2.45) is 0 Å². The van der Waals surface area contributed by atoms with E-state index in [-0.39, 0.29) is 18.3 Å². The Morgan fingerprint density at radius 3 is 2.73 bits per heavy atom. The number of amides is 1. The number of nitrogens with zero attached hydrogens (tertiary/aromatic N) is 3. The Kier molecular flexibility index (Phi) is 6.94. The average Bonchev–Trinajstić information content (AvgIpc) is 2.97. The Morgan fingerprint density at radius 1 is 1.19 bits per heavy atom. The van der Waals surface area contributed by atoms with Crippen LogP contribution in [0.2, 0.25) is 0 Å². The SMILES string of the molecule is CCNCCNC(=O)CCc1c(C)nc2c3ccccc3nn2c1C.Cl. The van der Waals surface area contributed by atoms with Crippen molar-refractivity contribution in [1.29, 1.82) is 0 Å². The molecule has 140 valence electrons. The molecule has 0 radical (unpaired) electrons. The van der Waals surface area contributed by atoms with Crippen LogP contribution in [0.25, 0.3) is 16.6 Å². The lowest BCUT2D eigenvalue weighted by atomic mass is 10.1. The molecule has 0 fully saturated rings. The molecule has 0 spiro atoms. The van der Waals surface area contributed by atoms with Crippen molar-refractivity contribution in [3.05, 3.63) is 41.2 Å². The van der Waals surface area contributed by atoms with Crippen molar-refractivity contribution in [3.8, 4) is 0 Å². The van der Waals surface area contributed by atoms with E-state index in [0.29, 0.717) is 19.4 Å². The normalized spacial score (nSPS) is 10.9. The van der Waals surface area contributed by atoms with Crippen molar-refractivity contribution in [1.82, 2.24) is 25.2 Å². The van der Waals surface area contributed by atoms with Crippen LogP contribution in [0.15, 0.2) is 24.3 Å². The van der Waals surface area contributed by atoms with Gasteiger partial charge in [0.25, 0.3) is 0 Å². The Bertz CT molecular complexity index is 906. The molecule has 3 aromatic rings. The van der Waals surface area contributed by atoms with Crippen molar-refractivity contribution in [2.75, 3.05) is 19.6 Å². The van der Waals surface area contributed by atoms with Gasteiger partial charge in [0, 0.05) is 36.3 Å². The Hall–Kier alpha value is -2.18. The summed E-state index contributed by atoms with van der Waals surface area (Å²) in [6.45, 7) is 8.48. The maximum absolute atomic E-state index is 12.0. The molecular formula is C19H26ClN5O. The van der Waals surface area contributed by atoms with Crippen LogP contribution >= 0.6 is 12.4 Å². The van der Waals surface area contributed by atoms with Crippen molar-refractivity contribution < 1.29 is 4.79 Å². The van der Waals surface area contributed by atoms with E-state index in [1.807, 2.05) is 42.6 Å².